The fourth-order valence-corrected chi connectivity index (χ4v) is 5.59. The average molecular weight is 458 g/mol. The van der Waals surface area contributed by atoms with Crippen LogP contribution < -0.4 is 4.72 Å². The third-order valence-electron chi connectivity index (χ3n) is 4.29. The standard InChI is InChI=1S/C18H15BrClNO4S/c1-25-18(24)10-6-12-13(17(23)11-4-2-3-5-14(11)20)9-26(15(12)7-10)21-16(22)8-19/h2-5,9-10H,6-8H2,1H3/p+1. The molecule has 3 rings (SSSR count). The van der Waals surface area contributed by atoms with Gasteiger partial charge in [-0.15, -0.1) is 0 Å². The van der Waals surface area contributed by atoms with E-state index in [1.165, 1.54) is 7.11 Å². The number of ether oxygens (including phenoxy) is 1. The third-order valence-corrected chi connectivity index (χ3v) is 6.99. The minimum absolute atomic E-state index is 0.168. The van der Waals surface area contributed by atoms with E-state index in [1.807, 2.05) is 0 Å². The number of ketones is 1. The third kappa shape index (κ3) is 3.56. The summed E-state index contributed by atoms with van der Waals surface area (Å²) >= 11 is 9.30. The molecule has 136 valence electrons. The van der Waals surface area contributed by atoms with Gasteiger partial charge in [0.2, 0.25) is 0 Å². The van der Waals surface area contributed by atoms with Crippen molar-refractivity contribution in [2.75, 3.05) is 17.2 Å². The summed E-state index contributed by atoms with van der Waals surface area (Å²) in [6.07, 6.45) is 0.904. The lowest BCUT2D eigenvalue weighted by molar-refractivity contribution is -0.145. The van der Waals surface area contributed by atoms with Crippen LogP contribution in [-0.4, -0.2) is 30.1 Å². The summed E-state index contributed by atoms with van der Waals surface area (Å²) in [6.45, 7) is 0. The zero-order valence-corrected chi connectivity index (χ0v) is 17.0. The van der Waals surface area contributed by atoms with E-state index in [0.717, 1.165) is 10.4 Å². The summed E-state index contributed by atoms with van der Waals surface area (Å²) in [6, 6.07) is 6.85. The monoisotopic (exact) mass is 456 g/mol. The van der Waals surface area contributed by atoms with Crippen LogP contribution in [0.15, 0.2) is 29.6 Å². The summed E-state index contributed by atoms with van der Waals surface area (Å²) in [5, 5.41) is 2.32. The van der Waals surface area contributed by atoms with Gasteiger partial charge in [-0.05, 0) is 18.6 Å². The van der Waals surface area contributed by atoms with Crippen LogP contribution in [0.5, 0.6) is 0 Å². The minimum atomic E-state index is -0.717. The van der Waals surface area contributed by atoms with Gasteiger partial charge in [0, 0.05) is 17.5 Å². The average Bonchev–Trinajstić information content (AvgIpc) is 3.21. The minimum Gasteiger partial charge on any atom is -0.469 e. The highest BCUT2D eigenvalue weighted by Crippen LogP contribution is 2.41. The molecule has 0 bridgehead atoms. The van der Waals surface area contributed by atoms with E-state index in [-0.39, 0.29) is 28.9 Å². The van der Waals surface area contributed by atoms with Crippen LogP contribution in [0.3, 0.4) is 0 Å². The second-order valence-electron chi connectivity index (χ2n) is 5.87. The van der Waals surface area contributed by atoms with Gasteiger partial charge < -0.3 is 4.74 Å². The van der Waals surface area contributed by atoms with Crippen LogP contribution >= 0.6 is 38.2 Å². The summed E-state index contributed by atoms with van der Waals surface area (Å²) in [5.74, 6) is -1.01. The van der Waals surface area contributed by atoms with Gasteiger partial charge in [0.15, 0.2) is 16.0 Å². The van der Waals surface area contributed by atoms with Gasteiger partial charge in [-0.3, -0.25) is 14.4 Å². The van der Waals surface area contributed by atoms with Crippen molar-refractivity contribution < 1.29 is 19.1 Å². The Labute approximate surface area is 166 Å². The van der Waals surface area contributed by atoms with Gasteiger partial charge in [-0.2, -0.15) is 4.72 Å². The molecule has 1 aliphatic rings. The molecule has 1 aromatic heterocycles. The topological polar surface area (TPSA) is 72.5 Å². The Morgan fingerprint density at radius 3 is 2.65 bits per heavy atom. The first-order valence-electron chi connectivity index (χ1n) is 7.86. The number of nitrogens with one attached hydrogen (secondary N) is 1. The maximum absolute atomic E-state index is 13.0. The van der Waals surface area contributed by atoms with Crippen LogP contribution in [0.2, 0.25) is 5.02 Å². The Hall–Kier alpha value is -1.70. The van der Waals surface area contributed by atoms with Crippen molar-refractivity contribution >= 4 is 55.8 Å². The lowest BCUT2D eigenvalue weighted by Gasteiger charge is -2.06. The number of carbonyl (C=O) groups excluding carboxylic acids is 3. The quantitative estimate of drug-likeness (QED) is 0.322. The normalized spacial score (nSPS) is 16.1. The zero-order valence-electron chi connectivity index (χ0n) is 13.9. The number of carbonyl (C=O) groups is 3. The highest BCUT2D eigenvalue weighted by atomic mass is 79.9. The first-order valence-corrected chi connectivity index (χ1v) is 10.6. The highest BCUT2D eigenvalue weighted by Gasteiger charge is 2.41. The first kappa shape index (κ1) is 19.1. The molecule has 0 spiro atoms. The van der Waals surface area contributed by atoms with E-state index in [2.05, 4.69) is 20.7 Å². The molecule has 2 atom stereocenters. The molecule has 0 fully saturated rings. The predicted octanol–water partition coefficient (Wildman–Crippen LogP) is 3.67. The second kappa shape index (κ2) is 7.90. The van der Waals surface area contributed by atoms with Crippen molar-refractivity contribution in [2.24, 2.45) is 5.92 Å². The Balaban J connectivity index is 2.03. The molecule has 1 aromatic carbocycles. The summed E-state index contributed by atoms with van der Waals surface area (Å²) in [4.78, 5) is 37.8. The maximum Gasteiger partial charge on any atom is 0.309 e. The molecule has 1 amide bonds. The summed E-state index contributed by atoms with van der Waals surface area (Å²) in [5.41, 5.74) is 1.74. The number of alkyl halides is 1. The molecule has 1 N–H and O–H groups in total. The molecule has 2 unspecified atom stereocenters. The number of hydrogen-bond acceptors (Lipinski definition) is 4. The molecule has 0 aliphatic heterocycles. The van der Waals surface area contributed by atoms with Crippen molar-refractivity contribution in [3.05, 3.63) is 56.2 Å². The van der Waals surface area contributed by atoms with E-state index in [0.29, 0.717) is 29.0 Å². The van der Waals surface area contributed by atoms with Crippen molar-refractivity contribution in [1.82, 2.24) is 0 Å². The summed E-state index contributed by atoms with van der Waals surface area (Å²) in [7, 11) is 0.634. The van der Waals surface area contributed by atoms with Gasteiger partial charge in [-0.1, -0.05) is 39.7 Å². The van der Waals surface area contributed by atoms with Crippen LogP contribution in [0, 0.1) is 5.92 Å². The number of benzene rings is 1. The van der Waals surface area contributed by atoms with Gasteiger partial charge >= 0.3 is 5.97 Å². The lowest BCUT2D eigenvalue weighted by Crippen LogP contribution is -2.17. The van der Waals surface area contributed by atoms with Gasteiger partial charge in [0.25, 0.3) is 5.91 Å². The molecule has 0 radical (unpaired) electrons. The van der Waals surface area contributed by atoms with E-state index < -0.39 is 10.7 Å². The fraction of sp³-hybridized carbons (Fsp3) is 0.278. The Bertz CT molecular complexity index is 895. The number of thiophene rings is 1. The molecular formula is C18H16BrClNO4S+. The second-order valence-corrected chi connectivity index (χ2v) is 8.44. The van der Waals surface area contributed by atoms with Gasteiger partial charge in [0.05, 0.1) is 39.6 Å². The predicted molar refractivity (Wildman–Crippen MR) is 105 cm³/mol. The number of hydrogen-bond donors (Lipinski definition) is 1. The van der Waals surface area contributed by atoms with E-state index in [1.54, 1.807) is 29.6 Å². The highest BCUT2D eigenvalue weighted by molar-refractivity contribution is 9.09. The molecule has 1 aliphatic carbocycles. The molecule has 5 nitrogen and oxygen atoms in total. The number of halogens is 2. The van der Waals surface area contributed by atoms with Gasteiger partial charge in [-0.25, -0.2) is 0 Å². The largest absolute Gasteiger partial charge is 0.469 e. The number of fused-ring (bicyclic) bond motifs is 1. The van der Waals surface area contributed by atoms with Crippen LogP contribution in [0.1, 0.15) is 26.4 Å². The van der Waals surface area contributed by atoms with Crippen LogP contribution in [0.25, 0.3) is 0 Å². The molecule has 0 saturated heterocycles. The number of esters is 1. The fourth-order valence-electron chi connectivity index (χ4n) is 3.08. The zero-order chi connectivity index (χ0) is 18.8. The summed E-state index contributed by atoms with van der Waals surface area (Å²) < 4.78 is 7.75. The Kier molecular flexibility index (Phi) is 5.79. The number of rotatable bonds is 5. The Morgan fingerprint density at radius 2 is 2.00 bits per heavy atom. The molecule has 8 heteroatoms. The SMILES string of the molecule is COC(=O)C1Cc2c(C(=O)c3ccccc3Cl)c[s+](NC(=O)CBr)c2C1. The Morgan fingerprint density at radius 1 is 1.27 bits per heavy atom. The van der Waals surface area contributed by atoms with Crippen molar-refractivity contribution in [3.63, 3.8) is 0 Å². The molecule has 0 saturated carbocycles. The number of methoxy groups -OCH3 is 1. The molecule has 2 aromatic rings. The van der Waals surface area contributed by atoms with Crippen molar-refractivity contribution in [3.8, 4) is 0 Å². The smallest absolute Gasteiger partial charge is 0.309 e. The van der Waals surface area contributed by atoms with E-state index in [9.17, 15) is 14.4 Å². The molecule has 26 heavy (non-hydrogen) atoms. The molecular weight excluding hydrogens is 442 g/mol. The number of amides is 1. The van der Waals surface area contributed by atoms with Gasteiger partial charge in [0.1, 0.15) is 0 Å². The van der Waals surface area contributed by atoms with Crippen molar-refractivity contribution in [2.45, 2.75) is 12.8 Å². The van der Waals surface area contributed by atoms with Crippen LogP contribution in [-0.2, 0) is 27.2 Å². The first-order chi connectivity index (χ1) is 12.5. The lowest BCUT2D eigenvalue weighted by atomic mass is 9.99. The van der Waals surface area contributed by atoms with Crippen molar-refractivity contribution in [1.29, 1.82) is 0 Å². The maximum atomic E-state index is 13.0. The van der Waals surface area contributed by atoms with E-state index in [4.69, 9.17) is 16.3 Å². The van der Waals surface area contributed by atoms with Crippen LogP contribution in [0.4, 0.5) is 0 Å². The molecule has 1 heterocycles. The van der Waals surface area contributed by atoms with E-state index >= 15 is 0 Å².